The highest BCUT2D eigenvalue weighted by Gasteiger charge is 2.29. The molecule has 5 heteroatoms. The predicted octanol–water partition coefficient (Wildman–Crippen LogP) is 7.17. The average molecular weight is 447 g/mol. The van der Waals surface area contributed by atoms with Gasteiger partial charge in [-0.1, -0.05) is 66.4 Å². The molecule has 3 nitrogen and oxygen atoms in total. The van der Waals surface area contributed by atoms with Crippen molar-refractivity contribution in [3.05, 3.63) is 81.9 Å². The lowest BCUT2D eigenvalue weighted by Crippen LogP contribution is -2.29. The van der Waals surface area contributed by atoms with Gasteiger partial charge < -0.3 is 9.47 Å². The Kier molecular flexibility index (Phi) is 8.80. The summed E-state index contributed by atoms with van der Waals surface area (Å²) in [5.74, 6) is 0.153. The first kappa shape index (κ1) is 22.9. The van der Waals surface area contributed by atoms with Crippen LogP contribution in [0.3, 0.4) is 0 Å². The van der Waals surface area contributed by atoms with Crippen molar-refractivity contribution in [1.29, 1.82) is 0 Å². The molecule has 1 aliphatic carbocycles. The maximum Gasteiger partial charge on any atom is 0.330 e. The third kappa shape index (κ3) is 6.60. The van der Waals surface area contributed by atoms with Gasteiger partial charge in [-0.2, -0.15) is 0 Å². The number of halogens is 2. The smallest absolute Gasteiger partial charge is 0.330 e. The van der Waals surface area contributed by atoms with E-state index < -0.39 is 0 Å². The van der Waals surface area contributed by atoms with Gasteiger partial charge in [0.05, 0.1) is 13.2 Å². The molecule has 1 fully saturated rings. The van der Waals surface area contributed by atoms with Gasteiger partial charge in [0.2, 0.25) is 0 Å². The molecule has 0 unspecified atom stereocenters. The van der Waals surface area contributed by atoms with Crippen LogP contribution in [0.25, 0.3) is 0 Å². The van der Waals surface area contributed by atoms with E-state index in [0.29, 0.717) is 16.0 Å². The second-order valence-electron chi connectivity index (χ2n) is 7.71. The van der Waals surface area contributed by atoms with Crippen molar-refractivity contribution in [2.75, 3.05) is 7.11 Å². The molecule has 2 atom stereocenters. The summed E-state index contributed by atoms with van der Waals surface area (Å²) in [5, 5.41) is 1.42. The van der Waals surface area contributed by atoms with Crippen LogP contribution in [0.1, 0.15) is 55.8 Å². The average Bonchev–Trinajstić information content (AvgIpc) is 2.77. The first-order valence-electron chi connectivity index (χ1n) is 10.5. The Morgan fingerprint density at radius 1 is 1.00 bits per heavy atom. The summed E-state index contributed by atoms with van der Waals surface area (Å²) in [4.78, 5) is 11.3. The fourth-order valence-corrected chi connectivity index (χ4v) is 4.29. The number of esters is 1. The second kappa shape index (κ2) is 11.5. The lowest BCUT2D eigenvalue weighted by Gasteiger charge is -2.35. The van der Waals surface area contributed by atoms with Gasteiger partial charge in [-0.05, 0) is 67.0 Å². The van der Waals surface area contributed by atoms with Crippen molar-refractivity contribution in [2.24, 2.45) is 5.92 Å². The monoisotopic (exact) mass is 446 g/mol. The third-order valence-corrected chi connectivity index (χ3v) is 6.16. The first-order chi connectivity index (χ1) is 14.6. The number of ether oxygens (including phenoxy) is 2. The van der Waals surface area contributed by atoms with Crippen LogP contribution in [0.4, 0.5) is 0 Å². The van der Waals surface area contributed by atoms with Gasteiger partial charge in [-0.25, -0.2) is 4.79 Å². The van der Waals surface area contributed by atoms with Crippen molar-refractivity contribution in [1.82, 2.24) is 0 Å². The van der Waals surface area contributed by atoms with Crippen LogP contribution in [-0.2, 0) is 14.3 Å². The second-order valence-corrected chi connectivity index (χ2v) is 8.58. The fourth-order valence-electron chi connectivity index (χ4n) is 4.04. The lowest BCUT2D eigenvalue weighted by atomic mass is 9.83. The Hall–Kier alpha value is -1.81. The molecule has 160 valence electrons. The van der Waals surface area contributed by atoms with E-state index in [1.165, 1.54) is 26.0 Å². The van der Waals surface area contributed by atoms with E-state index in [4.69, 9.17) is 27.9 Å². The fraction of sp³-hybridized carbons (Fsp3) is 0.400. The van der Waals surface area contributed by atoms with Crippen LogP contribution in [0.2, 0.25) is 10.0 Å². The summed E-state index contributed by atoms with van der Waals surface area (Å²) >= 11 is 12.2. The number of carbonyl (C=O) groups excluding carboxylic acids is 1. The number of methoxy groups -OCH3 is 1. The van der Waals surface area contributed by atoms with Gasteiger partial charge >= 0.3 is 5.97 Å². The number of hydrogen-bond acceptors (Lipinski definition) is 3. The maximum absolute atomic E-state index is 11.3. The normalized spacial score (nSPS) is 19.3. The molecule has 0 N–H and O–H groups in total. The molecule has 3 rings (SSSR count). The SMILES string of the molecule is COC(=O)C=CCC[C@@H]1CCCC[C@H]1OC(c1ccc(Cl)cc1)c1ccc(Cl)cc1. The molecule has 1 saturated carbocycles. The highest BCUT2D eigenvalue weighted by atomic mass is 35.5. The molecule has 2 aromatic carbocycles. The lowest BCUT2D eigenvalue weighted by molar-refractivity contribution is -0.134. The molecule has 2 aromatic rings. The van der Waals surface area contributed by atoms with E-state index in [1.807, 2.05) is 54.6 Å². The van der Waals surface area contributed by atoms with Gasteiger partial charge in [0, 0.05) is 16.1 Å². The van der Waals surface area contributed by atoms with Crippen LogP contribution in [0.15, 0.2) is 60.7 Å². The van der Waals surface area contributed by atoms with E-state index in [9.17, 15) is 4.79 Å². The molecule has 0 saturated heterocycles. The van der Waals surface area contributed by atoms with E-state index in [0.717, 1.165) is 36.8 Å². The molecule has 0 spiro atoms. The van der Waals surface area contributed by atoms with Gasteiger partial charge in [0.1, 0.15) is 6.10 Å². The highest BCUT2D eigenvalue weighted by molar-refractivity contribution is 6.30. The van der Waals surface area contributed by atoms with E-state index >= 15 is 0 Å². The molecular formula is C25H28Cl2O3. The Labute approximate surface area is 189 Å². The standard InChI is InChI=1S/C25H28Cl2O3/c1-29-24(28)9-5-3-7-18-6-2-4-8-23(18)30-25(19-10-14-21(26)15-11-19)20-12-16-22(27)17-13-20/h5,9-18,23,25H,2-4,6-8H2,1H3/t18-,23+/m0/s1. The van der Waals surface area contributed by atoms with Crippen LogP contribution >= 0.6 is 23.2 Å². The Morgan fingerprint density at radius 2 is 1.57 bits per heavy atom. The minimum absolute atomic E-state index is 0.168. The van der Waals surface area contributed by atoms with Crippen LogP contribution in [-0.4, -0.2) is 19.2 Å². The van der Waals surface area contributed by atoms with Crippen molar-refractivity contribution in [3.8, 4) is 0 Å². The molecule has 0 aromatic heterocycles. The van der Waals surface area contributed by atoms with Crippen molar-refractivity contribution < 1.29 is 14.3 Å². The molecule has 0 amide bonds. The topological polar surface area (TPSA) is 35.5 Å². The van der Waals surface area contributed by atoms with Crippen LogP contribution in [0, 0.1) is 5.92 Å². The minimum Gasteiger partial charge on any atom is -0.466 e. The molecule has 1 aliphatic rings. The Balaban J connectivity index is 1.75. The van der Waals surface area contributed by atoms with Crippen molar-refractivity contribution in [3.63, 3.8) is 0 Å². The summed E-state index contributed by atoms with van der Waals surface area (Å²) in [6, 6.07) is 15.7. The zero-order valence-electron chi connectivity index (χ0n) is 17.2. The molecular weight excluding hydrogens is 419 g/mol. The largest absolute Gasteiger partial charge is 0.466 e. The molecule has 30 heavy (non-hydrogen) atoms. The number of benzene rings is 2. The summed E-state index contributed by atoms with van der Waals surface area (Å²) in [6.07, 6.45) is 9.81. The van der Waals surface area contributed by atoms with Gasteiger partial charge in [-0.3, -0.25) is 0 Å². The maximum atomic E-state index is 11.3. The minimum atomic E-state index is -0.308. The molecule has 0 heterocycles. The zero-order chi connectivity index (χ0) is 21.3. The van der Waals surface area contributed by atoms with Crippen LogP contribution < -0.4 is 0 Å². The van der Waals surface area contributed by atoms with Crippen molar-refractivity contribution >= 4 is 29.2 Å². The van der Waals surface area contributed by atoms with Crippen LogP contribution in [0.5, 0.6) is 0 Å². The zero-order valence-corrected chi connectivity index (χ0v) is 18.7. The summed E-state index contributed by atoms with van der Waals surface area (Å²) in [6.45, 7) is 0. The number of rotatable bonds is 8. The van der Waals surface area contributed by atoms with Gasteiger partial charge in [-0.15, -0.1) is 0 Å². The quantitative estimate of drug-likeness (QED) is 0.318. The van der Waals surface area contributed by atoms with E-state index in [1.54, 1.807) is 0 Å². The number of allylic oxidation sites excluding steroid dienone is 1. The molecule has 0 radical (unpaired) electrons. The van der Waals surface area contributed by atoms with Crippen molar-refractivity contribution in [2.45, 2.75) is 50.7 Å². The van der Waals surface area contributed by atoms with E-state index in [2.05, 4.69) is 4.74 Å². The Morgan fingerprint density at radius 3 is 2.13 bits per heavy atom. The first-order valence-corrected chi connectivity index (χ1v) is 11.2. The van der Waals surface area contributed by atoms with E-state index in [-0.39, 0.29) is 18.2 Å². The highest BCUT2D eigenvalue weighted by Crippen LogP contribution is 2.37. The summed E-state index contributed by atoms with van der Waals surface area (Å²) in [7, 11) is 1.39. The third-order valence-electron chi connectivity index (χ3n) is 5.65. The number of hydrogen-bond donors (Lipinski definition) is 0. The summed E-state index contributed by atoms with van der Waals surface area (Å²) < 4.78 is 11.4. The van der Waals surface area contributed by atoms with Gasteiger partial charge in [0.15, 0.2) is 0 Å². The molecule has 0 aliphatic heterocycles. The summed E-state index contributed by atoms with van der Waals surface area (Å²) in [5.41, 5.74) is 2.16. The predicted molar refractivity (Wildman–Crippen MR) is 122 cm³/mol. The Bertz CT molecular complexity index is 785. The van der Waals surface area contributed by atoms with Gasteiger partial charge in [0.25, 0.3) is 0 Å². The number of carbonyl (C=O) groups is 1. The molecule has 0 bridgehead atoms.